The molecule has 1 aromatic carbocycles. The molecule has 0 radical (unpaired) electrons. The van der Waals surface area contributed by atoms with Gasteiger partial charge in [0.15, 0.2) is 11.5 Å². The van der Waals surface area contributed by atoms with Gasteiger partial charge in [0.1, 0.15) is 0 Å². The van der Waals surface area contributed by atoms with E-state index in [-0.39, 0.29) is 49.6 Å². The molecule has 0 spiro atoms. The highest BCUT2D eigenvalue weighted by molar-refractivity contribution is 7.99. The summed E-state index contributed by atoms with van der Waals surface area (Å²) >= 11 is 1.82. The molecule has 0 aliphatic carbocycles. The average Bonchev–Trinajstić information content (AvgIpc) is 3.27. The van der Waals surface area contributed by atoms with E-state index in [9.17, 15) is 4.79 Å². The third-order valence-corrected chi connectivity index (χ3v) is 5.20. The van der Waals surface area contributed by atoms with Crippen LogP contribution in [0, 0.1) is 0 Å². The molecule has 24 heavy (non-hydrogen) atoms. The lowest BCUT2D eigenvalue weighted by Crippen LogP contribution is -2.42. The minimum absolute atomic E-state index is 0. The molecular formula is C15H21Cl2N3O3S. The molecule has 2 fully saturated rings. The van der Waals surface area contributed by atoms with E-state index in [1.165, 1.54) is 0 Å². The number of rotatable bonds is 3. The molecule has 6 nitrogen and oxygen atoms in total. The van der Waals surface area contributed by atoms with Crippen molar-refractivity contribution in [2.45, 2.75) is 18.5 Å². The van der Waals surface area contributed by atoms with Crippen molar-refractivity contribution in [1.82, 2.24) is 10.2 Å². The summed E-state index contributed by atoms with van der Waals surface area (Å²) in [5.41, 5.74) is 1.00. The number of carbonyl (C=O) groups is 1. The number of ether oxygens (including phenoxy) is 2. The minimum Gasteiger partial charge on any atom is -0.454 e. The molecule has 3 aliphatic heterocycles. The maximum atomic E-state index is 12.4. The molecule has 2 saturated heterocycles. The summed E-state index contributed by atoms with van der Waals surface area (Å²) < 4.78 is 10.7. The summed E-state index contributed by atoms with van der Waals surface area (Å²) in [7, 11) is 0. The van der Waals surface area contributed by atoms with E-state index in [2.05, 4.69) is 10.6 Å². The number of nitrogens with zero attached hydrogens (tertiary/aromatic N) is 1. The standard InChI is InChI=1S/C15H19N3O3S.2ClH/c19-15(18-3-4-22-8-18)12-5-11(7-16-12)17-10-1-2-13-14(6-10)21-9-20-13;;/h1-2,6,11-12,16-17H,3-5,7-9H2;2*1H/t11-,12-;;/m0../s1. The Kier molecular flexibility index (Phi) is 6.74. The van der Waals surface area contributed by atoms with Crippen molar-refractivity contribution in [3.05, 3.63) is 18.2 Å². The largest absolute Gasteiger partial charge is 0.454 e. The molecule has 0 saturated carbocycles. The fraction of sp³-hybridized carbons (Fsp3) is 0.533. The van der Waals surface area contributed by atoms with Gasteiger partial charge >= 0.3 is 0 Å². The first-order valence-corrected chi connectivity index (χ1v) is 8.71. The van der Waals surface area contributed by atoms with Crippen molar-refractivity contribution in [3.8, 4) is 11.5 Å². The van der Waals surface area contributed by atoms with Crippen LogP contribution in [0.5, 0.6) is 11.5 Å². The van der Waals surface area contributed by atoms with Gasteiger partial charge in [0.25, 0.3) is 0 Å². The second-order valence-electron chi connectivity index (χ2n) is 5.74. The summed E-state index contributed by atoms with van der Waals surface area (Å²) in [6.07, 6.45) is 0.814. The molecule has 0 unspecified atom stereocenters. The smallest absolute Gasteiger partial charge is 0.240 e. The molecule has 134 valence electrons. The fourth-order valence-electron chi connectivity index (χ4n) is 3.06. The zero-order valence-corrected chi connectivity index (χ0v) is 15.5. The van der Waals surface area contributed by atoms with Crippen molar-refractivity contribution in [3.63, 3.8) is 0 Å². The van der Waals surface area contributed by atoms with Gasteiger partial charge in [0, 0.05) is 36.6 Å². The summed E-state index contributed by atoms with van der Waals surface area (Å²) in [6.45, 7) is 1.96. The number of fused-ring (bicyclic) bond motifs is 1. The zero-order chi connectivity index (χ0) is 14.9. The van der Waals surface area contributed by atoms with Gasteiger partial charge in [0.2, 0.25) is 12.7 Å². The third-order valence-electron chi connectivity index (χ3n) is 4.24. The Bertz CT molecular complexity index is 587. The van der Waals surface area contributed by atoms with Gasteiger partial charge in [-0.2, -0.15) is 0 Å². The van der Waals surface area contributed by atoms with Crippen LogP contribution >= 0.6 is 36.6 Å². The van der Waals surface area contributed by atoms with Crippen LogP contribution in [0.1, 0.15) is 6.42 Å². The summed E-state index contributed by atoms with van der Waals surface area (Å²) in [5, 5.41) is 6.81. The van der Waals surface area contributed by atoms with E-state index in [1.54, 1.807) is 0 Å². The normalized spacial score (nSPS) is 24.2. The quantitative estimate of drug-likeness (QED) is 0.817. The number of thioether (sulfide) groups is 1. The number of nitrogens with one attached hydrogen (secondary N) is 2. The fourth-order valence-corrected chi connectivity index (χ4v) is 4.02. The maximum Gasteiger partial charge on any atom is 0.240 e. The highest BCUT2D eigenvalue weighted by Crippen LogP contribution is 2.34. The molecule has 3 aliphatic rings. The van der Waals surface area contributed by atoms with E-state index in [1.807, 2.05) is 34.9 Å². The lowest BCUT2D eigenvalue weighted by Gasteiger charge is -2.19. The number of carbonyl (C=O) groups excluding carboxylic acids is 1. The van der Waals surface area contributed by atoms with Crippen LogP contribution in [-0.4, -0.2) is 54.4 Å². The number of hydrogen-bond donors (Lipinski definition) is 2. The average molecular weight is 394 g/mol. The van der Waals surface area contributed by atoms with Crippen molar-refractivity contribution < 1.29 is 14.3 Å². The molecule has 2 atom stereocenters. The number of benzene rings is 1. The highest BCUT2D eigenvalue weighted by atomic mass is 35.5. The predicted molar refractivity (Wildman–Crippen MR) is 99.9 cm³/mol. The summed E-state index contributed by atoms with van der Waals surface area (Å²) in [6, 6.07) is 6.04. The lowest BCUT2D eigenvalue weighted by molar-refractivity contribution is -0.131. The monoisotopic (exact) mass is 393 g/mol. The molecule has 1 amide bonds. The second kappa shape index (κ2) is 8.38. The van der Waals surface area contributed by atoms with Gasteiger partial charge in [-0.1, -0.05) is 0 Å². The van der Waals surface area contributed by atoms with Crippen molar-refractivity contribution >= 4 is 48.2 Å². The molecule has 9 heteroatoms. The number of anilines is 1. The van der Waals surface area contributed by atoms with Crippen LogP contribution in [0.4, 0.5) is 5.69 Å². The minimum atomic E-state index is -0.0646. The Hall–Kier alpha value is -1.02. The predicted octanol–water partition coefficient (Wildman–Crippen LogP) is 1.93. The van der Waals surface area contributed by atoms with Crippen molar-refractivity contribution in [2.24, 2.45) is 0 Å². The highest BCUT2D eigenvalue weighted by Gasteiger charge is 2.33. The molecule has 0 aromatic heterocycles. The van der Waals surface area contributed by atoms with Crippen LogP contribution in [0.2, 0.25) is 0 Å². The molecular weight excluding hydrogens is 373 g/mol. The SMILES string of the molecule is Cl.Cl.O=C([C@@H]1C[C@H](Nc2ccc3c(c2)OCO3)CN1)N1CCSC1. The van der Waals surface area contributed by atoms with Crippen LogP contribution in [0.15, 0.2) is 18.2 Å². The molecule has 1 aromatic rings. The molecule has 3 heterocycles. The molecule has 0 bridgehead atoms. The zero-order valence-electron chi connectivity index (χ0n) is 13.0. The Morgan fingerprint density at radius 3 is 2.92 bits per heavy atom. The van der Waals surface area contributed by atoms with Gasteiger partial charge < -0.3 is 25.0 Å². The van der Waals surface area contributed by atoms with E-state index in [0.717, 1.165) is 48.3 Å². The van der Waals surface area contributed by atoms with Gasteiger partial charge in [0.05, 0.1) is 11.9 Å². The van der Waals surface area contributed by atoms with Gasteiger partial charge in [-0.25, -0.2) is 0 Å². The molecule has 2 N–H and O–H groups in total. The van der Waals surface area contributed by atoms with Gasteiger partial charge in [-0.3, -0.25) is 4.79 Å². The van der Waals surface area contributed by atoms with Crippen LogP contribution < -0.4 is 20.1 Å². The maximum absolute atomic E-state index is 12.4. The van der Waals surface area contributed by atoms with E-state index < -0.39 is 0 Å². The first kappa shape index (κ1) is 19.3. The first-order chi connectivity index (χ1) is 10.8. The summed E-state index contributed by atoms with van der Waals surface area (Å²) in [5.74, 6) is 3.68. The van der Waals surface area contributed by atoms with Gasteiger partial charge in [-0.05, 0) is 18.6 Å². The Morgan fingerprint density at radius 2 is 2.12 bits per heavy atom. The van der Waals surface area contributed by atoms with Crippen molar-refractivity contribution in [1.29, 1.82) is 0 Å². The first-order valence-electron chi connectivity index (χ1n) is 7.56. The number of hydrogen-bond acceptors (Lipinski definition) is 6. The van der Waals surface area contributed by atoms with Crippen LogP contribution in [0.3, 0.4) is 0 Å². The third kappa shape index (κ3) is 3.96. The molecule has 4 rings (SSSR count). The Labute approximate surface area is 157 Å². The van der Waals surface area contributed by atoms with Crippen molar-refractivity contribution in [2.75, 3.05) is 36.8 Å². The Balaban J connectivity index is 0.00000104. The van der Waals surface area contributed by atoms with Crippen LogP contribution in [-0.2, 0) is 4.79 Å². The topological polar surface area (TPSA) is 62.8 Å². The van der Waals surface area contributed by atoms with E-state index >= 15 is 0 Å². The number of amides is 1. The Morgan fingerprint density at radius 1 is 1.29 bits per heavy atom. The van der Waals surface area contributed by atoms with Crippen LogP contribution in [0.25, 0.3) is 0 Å². The summed E-state index contributed by atoms with van der Waals surface area (Å²) in [4.78, 5) is 14.3. The lowest BCUT2D eigenvalue weighted by atomic mass is 10.1. The van der Waals surface area contributed by atoms with Gasteiger partial charge in [-0.15, -0.1) is 36.6 Å². The van der Waals surface area contributed by atoms with E-state index in [0.29, 0.717) is 0 Å². The second-order valence-corrected chi connectivity index (χ2v) is 6.82. The number of halogens is 2. The van der Waals surface area contributed by atoms with E-state index in [4.69, 9.17) is 9.47 Å².